The third-order valence-electron chi connectivity index (χ3n) is 3.31. The van der Waals surface area contributed by atoms with Gasteiger partial charge in [-0.25, -0.2) is 0 Å². The molecule has 2 heteroatoms. The minimum Gasteiger partial charge on any atom is -0.379 e. The largest absolute Gasteiger partial charge is 0.379 e. The number of benzene rings is 2. The maximum Gasteiger partial charge on any atom is 0.0486 e. The maximum atomic E-state index is 3.53. The number of rotatable bonds is 4. The number of hydrogen-bond acceptors (Lipinski definition) is 1. The molecule has 0 saturated heterocycles. The molecule has 0 saturated carbocycles. The summed E-state index contributed by atoms with van der Waals surface area (Å²) in [4.78, 5) is 0. The van der Waals surface area contributed by atoms with Crippen LogP contribution in [-0.2, 0) is 0 Å². The lowest BCUT2D eigenvalue weighted by molar-refractivity contribution is 0.862. The van der Waals surface area contributed by atoms with Gasteiger partial charge in [0.2, 0.25) is 0 Å². The summed E-state index contributed by atoms with van der Waals surface area (Å²) in [5.41, 5.74) is 3.82. The van der Waals surface area contributed by atoms with Crippen LogP contribution in [0.3, 0.4) is 0 Å². The van der Waals surface area contributed by atoms with Crippen molar-refractivity contribution in [3.05, 3.63) is 64.1 Å². The van der Waals surface area contributed by atoms with E-state index in [-0.39, 0.29) is 0 Å². The molecule has 0 fully saturated rings. The summed E-state index contributed by atoms with van der Waals surface area (Å²) in [6.07, 6.45) is 0. The Morgan fingerprint density at radius 2 is 1.58 bits per heavy atom. The van der Waals surface area contributed by atoms with Gasteiger partial charge in [-0.2, -0.15) is 0 Å². The highest BCUT2D eigenvalue weighted by Gasteiger charge is 2.06. The Morgan fingerprint density at radius 3 is 2.16 bits per heavy atom. The molecule has 0 bridgehead atoms. The summed E-state index contributed by atoms with van der Waals surface area (Å²) in [7, 11) is 0. The fourth-order valence-corrected chi connectivity index (χ4v) is 2.49. The minimum absolute atomic E-state index is 0.294. The van der Waals surface area contributed by atoms with E-state index in [2.05, 4.69) is 84.5 Å². The third kappa shape index (κ3) is 3.84. The molecule has 0 aliphatic rings. The molecule has 0 radical (unpaired) electrons. The summed E-state index contributed by atoms with van der Waals surface area (Å²) in [5, 5.41) is 3.53. The van der Waals surface area contributed by atoms with Gasteiger partial charge in [-0.3, -0.25) is 0 Å². The molecule has 2 aromatic carbocycles. The molecule has 100 valence electrons. The molecule has 19 heavy (non-hydrogen) atoms. The van der Waals surface area contributed by atoms with E-state index in [4.69, 9.17) is 0 Å². The highest BCUT2D eigenvalue weighted by molar-refractivity contribution is 9.10. The van der Waals surface area contributed by atoms with Crippen molar-refractivity contribution in [2.45, 2.75) is 32.7 Å². The molecule has 0 amide bonds. The average molecular weight is 318 g/mol. The Kier molecular flexibility index (Phi) is 4.65. The van der Waals surface area contributed by atoms with Gasteiger partial charge in [-0.15, -0.1) is 0 Å². The van der Waals surface area contributed by atoms with Crippen LogP contribution in [0.25, 0.3) is 0 Å². The van der Waals surface area contributed by atoms with Crippen molar-refractivity contribution in [2.24, 2.45) is 0 Å². The monoisotopic (exact) mass is 317 g/mol. The van der Waals surface area contributed by atoms with Crippen LogP contribution in [0.2, 0.25) is 0 Å². The second-order valence-electron chi connectivity index (χ2n) is 5.20. The van der Waals surface area contributed by atoms with E-state index in [1.807, 2.05) is 6.07 Å². The SMILES string of the molecule is CC(C)c1ccc(NC(C)c2cccc(Br)c2)cc1. The molecule has 1 N–H and O–H groups in total. The Bertz CT molecular complexity index is 531. The van der Waals surface area contributed by atoms with Gasteiger partial charge in [0.05, 0.1) is 0 Å². The highest BCUT2D eigenvalue weighted by Crippen LogP contribution is 2.23. The van der Waals surface area contributed by atoms with Crippen LogP contribution < -0.4 is 5.32 Å². The number of anilines is 1. The molecule has 1 unspecified atom stereocenters. The Hall–Kier alpha value is -1.28. The van der Waals surface area contributed by atoms with E-state index in [1.54, 1.807) is 0 Å². The first-order valence-corrected chi connectivity index (χ1v) is 7.47. The Balaban J connectivity index is 2.08. The standard InChI is InChI=1S/C17H20BrN/c1-12(2)14-7-9-17(10-8-14)19-13(3)15-5-4-6-16(18)11-15/h4-13,19H,1-3H3. The molecule has 0 spiro atoms. The summed E-state index contributed by atoms with van der Waals surface area (Å²) in [6, 6.07) is 17.4. The fourth-order valence-electron chi connectivity index (χ4n) is 2.07. The topological polar surface area (TPSA) is 12.0 Å². The van der Waals surface area contributed by atoms with E-state index < -0.39 is 0 Å². The molecule has 0 aromatic heterocycles. The van der Waals surface area contributed by atoms with Gasteiger partial charge in [0.25, 0.3) is 0 Å². The average Bonchev–Trinajstić information content (AvgIpc) is 2.39. The minimum atomic E-state index is 0.294. The zero-order valence-electron chi connectivity index (χ0n) is 11.7. The van der Waals surface area contributed by atoms with E-state index >= 15 is 0 Å². The molecule has 0 aliphatic carbocycles. The van der Waals surface area contributed by atoms with Gasteiger partial charge in [0.15, 0.2) is 0 Å². The maximum absolute atomic E-state index is 3.53. The van der Waals surface area contributed by atoms with Crippen LogP contribution in [0.15, 0.2) is 53.0 Å². The third-order valence-corrected chi connectivity index (χ3v) is 3.80. The molecule has 2 aromatic rings. The van der Waals surface area contributed by atoms with Crippen molar-refractivity contribution in [3.63, 3.8) is 0 Å². The van der Waals surface area contributed by atoms with Crippen LogP contribution in [0.5, 0.6) is 0 Å². The lowest BCUT2D eigenvalue weighted by Crippen LogP contribution is -2.06. The van der Waals surface area contributed by atoms with Crippen LogP contribution >= 0.6 is 15.9 Å². The van der Waals surface area contributed by atoms with Crippen molar-refractivity contribution in [3.8, 4) is 0 Å². The first kappa shape index (κ1) is 14.1. The van der Waals surface area contributed by atoms with Crippen molar-refractivity contribution in [1.29, 1.82) is 0 Å². The van der Waals surface area contributed by atoms with E-state index in [0.29, 0.717) is 12.0 Å². The Morgan fingerprint density at radius 1 is 0.895 bits per heavy atom. The van der Waals surface area contributed by atoms with E-state index in [0.717, 1.165) is 10.2 Å². The van der Waals surface area contributed by atoms with E-state index in [9.17, 15) is 0 Å². The molecular weight excluding hydrogens is 298 g/mol. The van der Waals surface area contributed by atoms with Crippen molar-refractivity contribution in [1.82, 2.24) is 0 Å². The first-order chi connectivity index (χ1) is 9.06. The quantitative estimate of drug-likeness (QED) is 0.757. The second-order valence-corrected chi connectivity index (χ2v) is 6.11. The van der Waals surface area contributed by atoms with Gasteiger partial charge < -0.3 is 5.32 Å². The molecule has 1 atom stereocenters. The molecule has 2 rings (SSSR count). The van der Waals surface area contributed by atoms with Crippen molar-refractivity contribution in [2.75, 3.05) is 5.32 Å². The highest BCUT2D eigenvalue weighted by atomic mass is 79.9. The zero-order valence-corrected chi connectivity index (χ0v) is 13.2. The lowest BCUT2D eigenvalue weighted by Gasteiger charge is -2.16. The van der Waals surface area contributed by atoms with Gasteiger partial charge in [0, 0.05) is 16.2 Å². The molecule has 1 nitrogen and oxygen atoms in total. The van der Waals surface area contributed by atoms with Gasteiger partial charge >= 0.3 is 0 Å². The first-order valence-electron chi connectivity index (χ1n) is 6.68. The van der Waals surface area contributed by atoms with Gasteiger partial charge in [-0.1, -0.05) is 54.0 Å². The number of halogens is 1. The van der Waals surface area contributed by atoms with Crippen molar-refractivity contribution >= 4 is 21.6 Å². The van der Waals surface area contributed by atoms with Crippen molar-refractivity contribution < 1.29 is 0 Å². The van der Waals surface area contributed by atoms with Gasteiger partial charge in [0.1, 0.15) is 0 Å². The predicted octanol–water partition coefficient (Wildman–Crippen LogP) is 5.75. The summed E-state index contributed by atoms with van der Waals surface area (Å²) in [6.45, 7) is 6.61. The number of hydrogen-bond donors (Lipinski definition) is 1. The van der Waals surface area contributed by atoms with E-state index in [1.165, 1.54) is 11.1 Å². The summed E-state index contributed by atoms with van der Waals surface area (Å²) < 4.78 is 1.12. The van der Waals surface area contributed by atoms with Crippen LogP contribution in [0.1, 0.15) is 43.9 Å². The predicted molar refractivity (Wildman–Crippen MR) is 86.7 cm³/mol. The van der Waals surface area contributed by atoms with Crippen LogP contribution in [0.4, 0.5) is 5.69 Å². The normalized spacial score (nSPS) is 12.5. The molecule has 0 aliphatic heterocycles. The van der Waals surface area contributed by atoms with Gasteiger partial charge in [-0.05, 0) is 48.2 Å². The smallest absolute Gasteiger partial charge is 0.0486 e. The lowest BCUT2D eigenvalue weighted by atomic mass is 10.0. The molecule has 0 heterocycles. The second kappa shape index (κ2) is 6.25. The molecular formula is C17H20BrN. The van der Waals surface area contributed by atoms with Crippen LogP contribution in [-0.4, -0.2) is 0 Å². The Labute approximate surface area is 124 Å². The fraction of sp³-hybridized carbons (Fsp3) is 0.294. The zero-order chi connectivity index (χ0) is 13.8. The summed E-state index contributed by atoms with van der Waals surface area (Å²) in [5.74, 6) is 0.580. The number of nitrogens with one attached hydrogen (secondary N) is 1. The summed E-state index contributed by atoms with van der Waals surface area (Å²) >= 11 is 3.51. The van der Waals surface area contributed by atoms with Crippen LogP contribution in [0, 0.1) is 0 Å².